The third-order valence-corrected chi connectivity index (χ3v) is 4.11. The Morgan fingerprint density at radius 3 is 3.05 bits per heavy atom. The predicted octanol–water partition coefficient (Wildman–Crippen LogP) is 4.15. The molecule has 0 saturated heterocycles. The number of benzene rings is 1. The Balaban J connectivity index is 1.79. The van der Waals surface area contributed by atoms with Crippen molar-refractivity contribution in [2.24, 2.45) is 0 Å². The number of thiophene rings is 1. The standard InChI is InChI=1S/C16H16N2S/c1-12(15-6-8-19-11-15)18-10-14-4-2-3-13-9-17-7-5-16(13)14/h2-9,11-12,18H,10H2,1H3. The summed E-state index contributed by atoms with van der Waals surface area (Å²) in [6, 6.07) is 11.0. The van der Waals surface area contributed by atoms with Gasteiger partial charge in [0.05, 0.1) is 0 Å². The highest BCUT2D eigenvalue weighted by Gasteiger charge is 2.06. The van der Waals surface area contributed by atoms with Crippen molar-refractivity contribution >= 4 is 22.1 Å². The van der Waals surface area contributed by atoms with E-state index in [2.05, 4.69) is 58.3 Å². The molecule has 19 heavy (non-hydrogen) atoms. The van der Waals surface area contributed by atoms with E-state index < -0.39 is 0 Å². The van der Waals surface area contributed by atoms with Crippen LogP contribution >= 0.6 is 11.3 Å². The first-order chi connectivity index (χ1) is 9.34. The summed E-state index contributed by atoms with van der Waals surface area (Å²) < 4.78 is 0. The third kappa shape index (κ3) is 2.67. The van der Waals surface area contributed by atoms with E-state index in [0.29, 0.717) is 6.04 Å². The van der Waals surface area contributed by atoms with Crippen molar-refractivity contribution in [3.63, 3.8) is 0 Å². The number of nitrogens with one attached hydrogen (secondary N) is 1. The summed E-state index contributed by atoms with van der Waals surface area (Å²) in [5, 5.41) is 10.4. The van der Waals surface area contributed by atoms with Gasteiger partial charge >= 0.3 is 0 Å². The van der Waals surface area contributed by atoms with Gasteiger partial charge in [0.25, 0.3) is 0 Å². The molecule has 0 aliphatic carbocycles. The average Bonchev–Trinajstić information content (AvgIpc) is 2.99. The lowest BCUT2D eigenvalue weighted by atomic mass is 10.1. The molecule has 2 aromatic heterocycles. The second kappa shape index (κ2) is 5.51. The number of fused-ring (bicyclic) bond motifs is 1. The van der Waals surface area contributed by atoms with Crippen LogP contribution in [0.25, 0.3) is 10.8 Å². The van der Waals surface area contributed by atoms with Gasteiger partial charge in [-0.05, 0) is 46.3 Å². The van der Waals surface area contributed by atoms with E-state index >= 15 is 0 Å². The van der Waals surface area contributed by atoms with E-state index in [-0.39, 0.29) is 0 Å². The van der Waals surface area contributed by atoms with E-state index in [1.165, 1.54) is 21.9 Å². The minimum absolute atomic E-state index is 0.378. The van der Waals surface area contributed by atoms with Crippen LogP contribution in [0.5, 0.6) is 0 Å². The van der Waals surface area contributed by atoms with Crippen LogP contribution in [-0.2, 0) is 6.54 Å². The molecule has 0 bridgehead atoms. The van der Waals surface area contributed by atoms with E-state index in [9.17, 15) is 0 Å². The molecule has 0 fully saturated rings. The Morgan fingerprint density at radius 2 is 2.21 bits per heavy atom. The molecule has 0 saturated carbocycles. The molecule has 2 nitrogen and oxygen atoms in total. The van der Waals surface area contributed by atoms with E-state index in [1.807, 2.05) is 12.4 Å². The molecule has 1 N–H and O–H groups in total. The smallest absolute Gasteiger partial charge is 0.0346 e. The van der Waals surface area contributed by atoms with E-state index in [4.69, 9.17) is 0 Å². The van der Waals surface area contributed by atoms with Crippen LogP contribution in [0, 0.1) is 0 Å². The average molecular weight is 268 g/mol. The maximum atomic E-state index is 4.17. The van der Waals surface area contributed by atoms with Crippen LogP contribution in [0.1, 0.15) is 24.1 Å². The highest BCUT2D eigenvalue weighted by Crippen LogP contribution is 2.20. The summed E-state index contributed by atoms with van der Waals surface area (Å²) in [6.45, 7) is 3.08. The highest BCUT2D eigenvalue weighted by atomic mass is 32.1. The Kier molecular flexibility index (Phi) is 3.58. The van der Waals surface area contributed by atoms with Crippen LogP contribution < -0.4 is 5.32 Å². The van der Waals surface area contributed by atoms with Crippen LogP contribution in [0.15, 0.2) is 53.5 Å². The van der Waals surface area contributed by atoms with Crippen molar-refractivity contribution < 1.29 is 0 Å². The molecule has 2 heterocycles. The molecular weight excluding hydrogens is 252 g/mol. The molecule has 3 heteroatoms. The molecule has 3 rings (SSSR count). The number of hydrogen-bond donors (Lipinski definition) is 1. The summed E-state index contributed by atoms with van der Waals surface area (Å²) in [5.41, 5.74) is 2.67. The summed E-state index contributed by atoms with van der Waals surface area (Å²) >= 11 is 1.74. The number of pyridine rings is 1. The second-order valence-corrected chi connectivity index (χ2v) is 5.45. The minimum atomic E-state index is 0.378. The van der Waals surface area contributed by atoms with Gasteiger partial charge in [0.15, 0.2) is 0 Å². The second-order valence-electron chi connectivity index (χ2n) is 4.67. The Bertz CT molecular complexity index is 656. The van der Waals surface area contributed by atoms with Gasteiger partial charge < -0.3 is 5.32 Å². The molecule has 0 aliphatic rings. The summed E-state index contributed by atoms with van der Waals surface area (Å²) in [7, 11) is 0. The van der Waals surface area contributed by atoms with Gasteiger partial charge in [0.2, 0.25) is 0 Å². The molecule has 3 aromatic rings. The molecule has 96 valence electrons. The van der Waals surface area contributed by atoms with Gasteiger partial charge in [-0.3, -0.25) is 4.98 Å². The van der Waals surface area contributed by atoms with Crippen molar-refractivity contribution in [3.8, 4) is 0 Å². The highest BCUT2D eigenvalue weighted by molar-refractivity contribution is 7.07. The first-order valence-electron chi connectivity index (χ1n) is 6.41. The van der Waals surface area contributed by atoms with Crippen LogP contribution in [0.2, 0.25) is 0 Å². The first kappa shape index (κ1) is 12.3. The fourth-order valence-corrected chi connectivity index (χ4v) is 3.00. The predicted molar refractivity (Wildman–Crippen MR) is 81.3 cm³/mol. The summed E-state index contributed by atoms with van der Waals surface area (Å²) in [6.07, 6.45) is 3.77. The van der Waals surface area contributed by atoms with E-state index in [0.717, 1.165) is 6.54 Å². The van der Waals surface area contributed by atoms with Crippen molar-refractivity contribution in [2.45, 2.75) is 19.5 Å². The lowest BCUT2D eigenvalue weighted by molar-refractivity contribution is 0.578. The quantitative estimate of drug-likeness (QED) is 0.769. The monoisotopic (exact) mass is 268 g/mol. The van der Waals surface area contributed by atoms with Crippen LogP contribution in [0.4, 0.5) is 0 Å². The molecule has 1 atom stereocenters. The van der Waals surface area contributed by atoms with Gasteiger partial charge in [-0.2, -0.15) is 11.3 Å². The van der Waals surface area contributed by atoms with Crippen LogP contribution in [0.3, 0.4) is 0 Å². The molecule has 0 spiro atoms. The number of aromatic nitrogens is 1. The molecular formula is C16H16N2S. The number of hydrogen-bond acceptors (Lipinski definition) is 3. The van der Waals surface area contributed by atoms with Gasteiger partial charge in [-0.1, -0.05) is 18.2 Å². The zero-order valence-corrected chi connectivity index (χ0v) is 11.7. The fourth-order valence-electron chi connectivity index (χ4n) is 2.25. The summed E-state index contributed by atoms with van der Waals surface area (Å²) in [4.78, 5) is 4.17. The Labute approximate surface area is 117 Å². The Hall–Kier alpha value is -1.71. The van der Waals surface area contributed by atoms with Crippen molar-refractivity contribution in [3.05, 3.63) is 64.6 Å². The van der Waals surface area contributed by atoms with Gasteiger partial charge in [-0.15, -0.1) is 0 Å². The van der Waals surface area contributed by atoms with Crippen LogP contribution in [-0.4, -0.2) is 4.98 Å². The Morgan fingerprint density at radius 1 is 1.26 bits per heavy atom. The molecule has 0 radical (unpaired) electrons. The van der Waals surface area contributed by atoms with Crippen molar-refractivity contribution in [1.82, 2.24) is 10.3 Å². The van der Waals surface area contributed by atoms with E-state index in [1.54, 1.807) is 11.3 Å². The van der Waals surface area contributed by atoms with Gasteiger partial charge in [0, 0.05) is 30.4 Å². The lowest BCUT2D eigenvalue weighted by Gasteiger charge is -2.13. The largest absolute Gasteiger partial charge is 0.306 e. The SMILES string of the molecule is CC(NCc1cccc2cnccc12)c1ccsc1. The number of nitrogens with zero attached hydrogens (tertiary/aromatic N) is 1. The number of rotatable bonds is 4. The normalized spacial score (nSPS) is 12.7. The molecule has 0 amide bonds. The van der Waals surface area contributed by atoms with Gasteiger partial charge in [0.1, 0.15) is 0 Å². The molecule has 1 aromatic carbocycles. The third-order valence-electron chi connectivity index (χ3n) is 3.41. The maximum absolute atomic E-state index is 4.17. The topological polar surface area (TPSA) is 24.9 Å². The lowest BCUT2D eigenvalue weighted by Crippen LogP contribution is -2.17. The van der Waals surface area contributed by atoms with Crippen molar-refractivity contribution in [2.75, 3.05) is 0 Å². The first-order valence-corrected chi connectivity index (χ1v) is 7.36. The van der Waals surface area contributed by atoms with Crippen molar-refractivity contribution in [1.29, 1.82) is 0 Å². The maximum Gasteiger partial charge on any atom is 0.0346 e. The minimum Gasteiger partial charge on any atom is -0.306 e. The summed E-state index contributed by atoms with van der Waals surface area (Å²) in [5.74, 6) is 0. The molecule has 0 aliphatic heterocycles. The van der Waals surface area contributed by atoms with Gasteiger partial charge in [-0.25, -0.2) is 0 Å². The zero-order chi connectivity index (χ0) is 13.1. The fraction of sp³-hybridized carbons (Fsp3) is 0.188. The molecule has 1 unspecified atom stereocenters. The zero-order valence-electron chi connectivity index (χ0n) is 10.8.